The Labute approximate surface area is 137 Å². The number of hydrogen-bond acceptors (Lipinski definition) is 1. The largest absolute Gasteiger partial charge is 0.508 e. The highest BCUT2D eigenvalue weighted by Crippen LogP contribution is 2.45. The van der Waals surface area contributed by atoms with E-state index in [2.05, 4.69) is 0 Å². The van der Waals surface area contributed by atoms with Crippen molar-refractivity contribution >= 4 is 0 Å². The Morgan fingerprint density at radius 2 is 1.42 bits per heavy atom. The molecular formula is C20H13F3O. The van der Waals surface area contributed by atoms with E-state index in [0.29, 0.717) is 12.0 Å². The van der Waals surface area contributed by atoms with E-state index in [1.807, 2.05) is 30.3 Å². The Balaban J connectivity index is 1.96. The molecule has 3 aromatic rings. The summed E-state index contributed by atoms with van der Waals surface area (Å²) >= 11 is 0. The van der Waals surface area contributed by atoms with Crippen molar-refractivity contribution in [3.05, 3.63) is 77.4 Å². The molecule has 0 atom stereocenters. The number of halogens is 3. The van der Waals surface area contributed by atoms with E-state index in [1.165, 1.54) is 12.1 Å². The molecule has 1 aliphatic carbocycles. The summed E-state index contributed by atoms with van der Waals surface area (Å²) < 4.78 is 40.3. The van der Waals surface area contributed by atoms with Crippen LogP contribution in [0.2, 0.25) is 0 Å². The summed E-state index contributed by atoms with van der Waals surface area (Å²) in [6, 6.07) is 16.7. The predicted molar refractivity (Wildman–Crippen MR) is 86.8 cm³/mol. The molecule has 1 aliphatic rings. The van der Waals surface area contributed by atoms with Gasteiger partial charge in [0.2, 0.25) is 0 Å². The van der Waals surface area contributed by atoms with E-state index in [4.69, 9.17) is 0 Å². The first-order valence-corrected chi connectivity index (χ1v) is 7.56. The van der Waals surface area contributed by atoms with Crippen LogP contribution in [0.5, 0.6) is 5.75 Å². The van der Waals surface area contributed by atoms with Gasteiger partial charge < -0.3 is 5.11 Å². The zero-order chi connectivity index (χ0) is 16.9. The maximum Gasteiger partial charge on any atom is 0.417 e. The first-order chi connectivity index (χ1) is 11.4. The van der Waals surface area contributed by atoms with Crippen LogP contribution in [0.15, 0.2) is 60.7 Å². The second-order valence-electron chi connectivity index (χ2n) is 5.89. The Morgan fingerprint density at radius 3 is 2.17 bits per heavy atom. The van der Waals surface area contributed by atoms with Crippen molar-refractivity contribution < 1.29 is 18.3 Å². The maximum absolute atomic E-state index is 13.4. The van der Waals surface area contributed by atoms with E-state index in [0.717, 1.165) is 28.3 Å². The predicted octanol–water partition coefficient (Wildman–Crippen LogP) is 5.65. The van der Waals surface area contributed by atoms with E-state index in [-0.39, 0.29) is 11.3 Å². The summed E-state index contributed by atoms with van der Waals surface area (Å²) in [5.41, 5.74) is 3.92. The first kappa shape index (κ1) is 14.8. The highest BCUT2D eigenvalue weighted by Gasteiger charge is 2.35. The molecule has 4 rings (SSSR count). The molecule has 0 aliphatic heterocycles. The van der Waals surface area contributed by atoms with Crippen molar-refractivity contribution in [2.24, 2.45) is 0 Å². The standard InChI is InChI=1S/C20H13F3O/c21-20(22,23)19-11-13(24)8-9-17(19)16-7-3-6-15-14-5-2-1-4-12(14)10-18(15)16/h1-9,11,24H,10H2. The van der Waals surface area contributed by atoms with Gasteiger partial charge in [0.05, 0.1) is 5.56 Å². The number of benzene rings is 3. The topological polar surface area (TPSA) is 20.2 Å². The van der Waals surface area contributed by atoms with Crippen LogP contribution in [-0.4, -0.2) is 5.11 Å². The van der Waals surface area contributed by atoms with Gasteiger partial charge in [-0.15, -0.1) is 0 Å². The van der Waals surface area contributed by atoms with Gasteiger partial charge in [0.15, 0.2) is 0 Å². The molecule has 0 spiro atoms. The van der Waals surface area contributed by atoms with Gasteiger partial charge in [0, 0.05) is 0 Å². The van der Waals surface area contributed by atoms with Crippen molar-refractivity contribution in [1.82, 2.24) is 0 Å². The maximum atomic E-state index is 13.4. The van der Waals surface area contributed by atoms with Crippen LogP contribution in [0.3, 0.4) is 0 Å². The highest BCUT2D eigenvalue weighted by atomic mass is 19.4. The molecule has 0 heterocycles. The molecule has 0 bridgehead atoms. The van der Waals surface area contributed by atoms with Gasteiger partial charge in [-0.2, -0.15) is 13.2 Å². The average Bonchev–Trinajstić information content (AvgIpc) is 2.93. The first-order valence-electron chi connectivity index (χ1n) is 7.56. The van der Waals surface area contributed by atoms with Gasteiger partial charge in [0.25, 0.3) is 0 Å². The highest BCUT2D eigenvalue weighted by molar-refractivity contribution is 5.85. The van der Waals surface area contributed by atoms with E-state index in [1.54, 1.807) is 12.1 Å². The molecule has 3 aromatic carbocycles. The molecule has 0 fully saturated rings. The van der Waals surface area contributed by atoms with E-state index < -0.39 is 11.7 Å². The van der Waals surface area contributed by atoms with E-state index in [9.17, 15) is 18.3 Å². The van der Waals surface area contributed by atoms with Crippen molar-refractivity contribution in [3.63, 3.8) is 0 Å². The van der Waals surface area contributed by atoms with Crippen LogP contribution in [0, 0.1) is 0 Å². The monoisotopic (exact) mass is 326 g/mol. The third kappa shape index (κ3) is 2.26. The molecule has 1 N–H and O–H groups in total. The van der Waals surface area contributed by atoms with E-state index >= 15 is 0 Å². The molecule has 0 radical (unpaired) electrons. The van der Waals surface area contributed by atoms with Crippen LogP contribution in [0.25, 0.3) is 22.3 Å². The zero-order valence-electron chi connectivity index (χ0n) is 12.6. The van der Waals surface area contributed by atoms with Crippen molar-refractivity contribution in [2.75, 3.05) is 0 Å². The van der Waals surface area contributed by atoms with Crippen LogP contribution >= 0.6 is 0 Å². The van der Waals surface area contributed by atoms with Gasteiger partial charge in [-0.3, -0.25) is 0 Å². The van der Waals surface area contributed by atoms with Gasteiger partial charge in [-0.05, 0) is 51.9 Å². The number of hydrogen-bond donors (Lipinski definition) is 1. The second kappa shape index (κ2) is 5.13. The van der Waals surface area contributed by atoms with Crippen molar-refractivity contribution in [3.8, 4) is 28.0 Å². The fraction of sp³-hybridized carbons (Fsp3) is 0.100. The Bertz CT molecular complexity index is 942. The lowest BCUT2D eigenvalue weighted by molar-refractivity contribution is -0.137. The summed E-state index contributed by atoms with van der Waals surface area (Å²) in [6.07, 6.45) is -3.91. The molecule has 1 nitrogen and oxygen atoms in total. The van der Waals surface area contributed by atoms with Crippen LogP contribution < -0.4 is 0 Å². The third-order valence-electron chi connectivity index (χ3n) is 4.45. The number of aromatic hydroxyl groups is 1. The minimum atomic E-state index is -4.53. The smallest absolute Gasteiger partial charge is 0.417 e. The van der Waals surface area contributed by atoms with Crippen LogP contribution in [-0.2, 0) is 12.6 Å². The Hall–Kier alpha value is -2.75. The molecule has 0 aromatic heterocycles. The minimum absolute atomic E-state index is 0.102. The third-order valence-corrected chi connectivity index (χ3v) is 4.45. The number of fused-ring (bicyclic) bond motifs is 3. The summed E-state index contributed by atoms with van der Waals surface area (Å²) in [5.74, 6) is -0.387. The molecule has 0 saturated heterocycles. The number of phenolic OH excluding ortho intramolecular Hbond substituents is 1. The lowest BCUT2D eigenvalue weighted by Gasteiger charge is -2.16. The lowest BCUT2D eigenvalue weighted by atomic mass is 9.92. The number of rotatable bonds is 1. The molecule has 120 valence electrons. The molecule has 4 heteroatoms. The van der Waals surface area contributed by atoms with Crippen molar-refractivity contribution in [2.45, 2.75) is 12.6 Å². The molecular weight excluding hydrogens is 313 g/mol. The van der Waals surface area contributed by atoms with Gasteiger partial charge in [-0.25, -0.2) is 0 Å². The normalized spacial score (nSPS) is 12.8. The van der Waals surface area contributed by atoms with Crippen molar-refractivity contribution in [1.29, 1.82) is 0 Å². The molecule has 0 saturated carbocycles. The Kier molecular flexibility index (Phi) is 3.17. The van der Waals surface area contributed by atoms with Gasteiger partial charge in [0.1, 0.15) is 5.75 Å². The summed E-state index contributed by atoms with van der Waals surface area (Å²) in [7, 11) is 0. The molecule has 0 amide bonds. The lowest BCUT2D eigenvalue weighted by Crippen LogP contribution is -2.07. The fourth-order valence-corrected chi connectivity index (χ4v) is 3.41. The van der Waals surface area contributed by atoms with Gasteiger partial charge in [-0.1, -0.05) is 48.5 Å². The molecule has 0 unspecified atom stereocenters. The summed E-state index contributed by atoms with van der Waals surface area (Å²) in [5, 5.41) is 9.48. The quantitative estimate of drug-likeness (QED) is 0.479. The van der Waals surface area contributed by atoms with Gasteiger partial charge >= 0.3 is 6.18 Å². The molecule has 24 heavy (non-hydrogen) atoms. The second-order valence-corrected chi connectivity index (χ2v) is 5.89. The van der Waals surface area contributed by atoms with Crippen LogP contribution in [0.4, 0.5) is 13.2 Å². The Morgan fingerprint density at radius 1 is 0.750 bits per heavy atom. The zero-order valence-corrected chi connectivity index (χ0v) is 12.6. The average molecular weight is 326 g/mol. The summed E-state index contributed by atoms with van der Waals surface area (Å²) in [6.45, 7) is 0. The fourth-order valence-electron chi connectivity index (χ4n) is 3.41. The minimum Gasteiger partial charge on any atom is -0.508 e. The SMILES string of the molecule is Oc1ccc(-c2cccc3c2Cc2ccccc2-3)c(C(F)(F)F)c1. The number of alkyl halides is 3. The summed E-state index contributed by atoms with van der Waals surface area (Å²) in [4.78, 5) is 0. The number of phenols is 1. The van der Waals surface area contributed by atoms with Crippen LogP contribution in [0.1, 0.15) is 16.7 Å².